The first-order valence-electron chi connectivity index (χ1n) is 11.6. The normalized spacial score (nSPS) is 19.9. The zero-order chi connectivity index (χ0) is 22.8. The van der Waals surface area contributed by atoms with Crippen LogP contribution in [0.25, 0.3) is 22.2 Å². The summed E-state index contributed by atoms with van der Waals surface area (Å²) in [6, 6.07) is 16.2. The Labute approximate surface area is 194 Å². The summed E-state index contributed by atoms with van der Waals surface area (Å²) in [4.78, 5) is 19.7. The van der Waals surface area contributed by atoms with Crippen molar-refractivity contribution in [3.63, 3.8) is 0 Å². The first-order valence-corrected chi connectivity index (χ1v) is 11.6. The van der Waals surface area contributed by atoms with Gasteiger partial charge in [0.15, 0.2) is 0 Å². The Morgan fingerprint density at radius 3 is 2.70 bits per heavy atom. The second kappa shape index (κ2) is 9.27. The fourth-order valence-electron chi connectivity index (χ4n) is 4.89. The van der Waals surface area contributed by atoms with Crippen molar-refractivity contribution in [2.24, 2.45) is 11.8 Å². The highest BCUT2D eigenvalue weighted by Gasteiger charge is 2.40. The third-order valence-electron chi connectivity index (χ3n) is 6.70. The Bertz CT molecular complexity index is 1150. The molecule has 0 unspecified atom stereocenters. The third kappa shape index (κ3) is 4.33. The van der Waals surface area contributed by atoms with Crippen molar-refractivity contribution < 1.29 is 14.3 Å². The van der Waals surface area contributed by atoms with Crippen molar-refractivity contribution in [1.82, 2.24) is 15.6 Å². The zero-order valence-electron chi connectivity index (χ0n) is 19.1. The molecule has 7 nitrogen and oxygen atoms in total. The summed E-state index contributed by atoms with van der Waals surface area (Å²) in [7, 11) is 3.58. The summed E-state index contributed by atoms with van der Waals surface area (Å²) in [5.74, 6) is 2.26. The Kier molecular flexibility index (Phi) is 6.05. The number of benzene rings is 2. The lowest BCUT2D eigenvalue weighted by atomic mass is 9.89. The number of hydrogen-bond acceptors (Lipinski definition) is 6. The van der Waals surface area contributed by atoms with Crippen LogP contribution in [0.15, 0.2) is 48.5 Å². The van der Waals surface area contributed by atoms with Crippen LogP contribution in [0.4, 0.5) is 5.69 Å². The van der Waals surface area contributed by atoms with Crippen molar-refractivity contribution in [1.29, 1.82) is 0 Å². The van der Waals surface area contributed by atoms with Crippen molar-refractivity contribution in [2.45, 2.75) is 6.42 Å². The van der Waals surface area contributed by atoms with E-state index in [1.54, 1.807) is 7.11 Å². The molecule has 0 saturated carbocycles. The zero-order valence-corrected chi connectivity index (χ0v) is 19.1. The summed E-state index contributed by atoms with van der Waals surface area (Å²) in [6.45, 7) is 3.82. The van der Waals surface area contributed by atoms with Gasteiger partial charge in [0.25, 0.3) is 0 Å². The van der Waals surface area contributed by atoms with Crippen LogP contribution in [-0.4, -0.2) is 57.8 Å². The number of methoxy groups -OCH3 is 1. The van der Waals surface area contributed by atoms with E-state index in [1.165, 1.54) is 0 Å². The van der Waals surface area contributed by atoms with Gasteiger partial charge in [-0.2, -0.15) is 0 Å². The van der Waals surface area contributed by atoms with E-state index in [4.69, 9.17) is 14.5 Å². The number of amides is 1. The number of likely N-dealkylation sites (N-methyl/N-ethyl adjacent to an activating group) is 1. The SMILES string of the molecule is CNCCOc1ccc(-c2cc(N3C[C@H]4CCNC(=O)[C@H]4C3)c3ccc(OC)cc3n2)cc1. The highest BCUT2D eigenvalue weighted by molar-refractivity contribution is 5.95. The molecule has 1 amide bonds. The number of hydrogen-bond donors (Lipinski definition) is 2. The van der Waals surface area contributed by atoms with E-state index >= 15 is 0 Å². The number of ether oxygens (including phenoxy) is 2. The monoisotopic (exact) mass is 446 g/mol. The van der Waals surface area contributed by atoms with Crippen molar-refractivity contribution in [2.75, 3.05) is 51.8 Å². The summed E-state index contributed by atoms with van der Waals surface area (Å²) < 4.78 is 11.2. The molecule has 5 rings (SSSR count). The van der Waals surface area contributed by atoms with Crippen LogP contribution in [-0.2, 0) is 4.79 Å². The minimum atomic E-state index is 0.0534. The van der Waals surface area contributed by atoms with Crippen molar-refractivity contribution in [3.05, 3.63) is 48.5 Å². The molecule has 2 aromatic carbocycles. The second-order valence-corrected chi connectivity index (χ2v) is 8.74. The maximum Gasteiger partial charge on any atom is 0.225 e. The molecule has 0 spiro atoms. The third-order valence-corrected chi connectivity index (χ3v) is 6.70. The van der Waals surface area contributed by atoms with Crippen LogP contribution in [0.3, 0.4) is 0 Å². The van der Waals surface area contributed by atoms with Crippen LogP contribution >= 0.6 is 0 Å². The molecule has 0 bridgehead atoms. The molecule has 2 fully saturated rings. The Balaban J connectivity index is 1.51. The molecule has 0 radical (unpaired) electrons. The molecule has 0 aliphatic carbocycles. The molecule has 2 aliphatic rings. The number of fused-ring (bicyclic) bond motifs is 2. The Morgan fingerprint density at radius 1 is 1.12 bits per heavy atom. The van der Waals surface area contributed by atoms with Gasteiger partial charge in [-0.25, -0.2) is 4.98 Å². The molecule has 2 aliphatic heterocycles. The van der Waals surface area contributed by atoms with Crippen LogP contribution in [0, 0.1) is 11.8 Å². The number of aromatic nitrogens is 1. The molecule has 2 N–H and O–H groups in total. The lowest BCUT2D eigenvalue weighted by molar-refractivity contribution is -0.127. The standard InChI is InChI=1S/C26H30N4O3/c1-27-11-12-33-19-5-3-17(4-6-19)23-14-25(21-8-7-20(32-2)13-24(21)29-23)30-15-18-9-10-28-26(31)22(18)16-30/h3-8,13-14,18,22,27H,9-12,15-16H2,1-2H3,(H,28,31)/t18-,22+/m1/s1. The van der Waals surface area contributed by atoms with Gasteiger partial charge in [0.1, 0.15) is 18.1 Å². The van der Waals surface area contributed by atoms with E-state index in [1.807, 2.05) is 43.4 Å². The summed E-state index contributed by atoms with van der Waals surface area (Å²) in [6.07, 6.45) is 1.03. The number of piperidine rings is 1. The second-order valence-electron chi connectivity index (χ2n) is 8.74. The molecule has 2 atom stereocenters. The average molecular weight is 447 g/mol. The highest BCUT2D eigenvalue weighted by Crippen LogP contribution is 2.38. The molecule has 2 saturated heterocycles. The first kappa shape index (κ1) is 21.5. The van der Waals surface area contributed by atoms with Crippen LogP contribution in [0.5, 0.6) is 11.5 Å². The number of nitrogens with one attached hydrogen (secondary N) is 2. The Hall–Kier alpha value is -3.32. The number of rotatable bonds is 7. The molecule has 33 heavy (non-hydrogen) atoms. The van der Waals surface area contributed by atoms with Gasteiger partial charge >= 0.3 is 0 Å². The van der Waals surface area contributed by atoms with Crippen LogP contribution < -0.4 is 25.0 Å². The molecular weight excluding hydrogens is 416 g/mol. The van der Waals surface area contributed by atoms with E-state index < -0.39 is 0 Å². The minimum absolute atomic E-state index is 0.0534. The number of nitrogens with zero attached hydrogens (tertiary/aromatic N) is 2. The van der Waals surface area contributed by atoms with E-state index in [0.29, 0.717) is 12.5 Å². The lowest BCUT2D eigenvalue weighted by Crippen LogP contribution is -2.41. The maximum absolute atomic E-state index is 12.4. The molecule has 172 valence electrons. The smallest absolute Gasteiger partial charge is 0.225 e. The van der Waals surface area contributed by atoms with Gasteiger partial charge in [0, 0.05) is 48.9 Å². The average Bonchev–Trinajstić information content (AvgIpc) is 3.29. The molecule has 3 heterocycles. The topological polar surface area (TPSA) is 75.7 Å². The van der Waals surface area contributed by atoms with E-state index in [2.05, 4.69) is 27.7 Å². The summed E-state index contributed by atoms with van der Waals surface area (Å²) in [5.41, 5.74) is 3.92. The number of carbonyl (C=O) groups is 1. The predicted octanol–water partition coefficient (Wildman–Crippen LogP) is 3.08. The molecule has 7 heteroatoms. The quantitative estimate of drug-likeness (QED) is 0.544. The van der Waals surface area contributed by atoms with Gasteiger partial charge < -0.3 is 25.0 Å². The highest BCUT2D eigenvalue weighted by atomic mass is 16.5. The molecule has 1 aromatic heterocycles. The van der Waals surface area contributed by atoms with Gasteiger partial charge in [0.2, 0.25) is 5.91 Å². The van der Waals surface area contributed by atoms with Gasteiger partial charge in [0.05, 0.1) is 24.2 Å². The van der Waals surface area contributed by atoms with Crippen molar-refractivity contribution >= 4 is 22.5 Å². The molecule has 3 aromatic rings. The fraction of sp³-hybridized carbons (Fsp3) is 0.385. The molecular formula is C26H30N4O3. The van der Waals surface area contributed by atoms with Crippen LogP contribution in [0.1, 0.15) is 6.42 Å². The Morgan fingerprint density at radius 2 is 1.94 bits per heavy atom. The van der Waals surface area contributed by atoms with Crippen LogP contribution in [0.2, 0.25) is 0 Å². The number of pyridine rings is 1. The number of anilines is 1. The summed E-state index contributed by atoms with van der Waals surface area (Å²) >= 11 is 0. The first-order chi connectivity index (χ1) is 16.2. The van der Waals surface area contributed by atoms with E-state index in [9.17, 15) is 4.79 Å². The van der Waals surface area contributed by atoms with E-state index in [0.717, 1.165) is 71.9 Å². The van der Waals surface area contributed by atoms with Gasteiger partial charge in [-0.3, -0.25) is 4.79 Å². The lowest BCUT2D eigenvalue weighted by Gasteiger charge is -2.23. The largest absolute Gasteiger partial charge is 0.497 e. The minimum Gasteiger partial charge on any atom is -0.497 e. The fourth-order valence-corrected chi connectivity index (χ4v) is 4.89. The van der Waals surface area contributed by atoms with Crippen molar-refractivity contribution in [3.8, 4) is 22.8 Å². The predicted molar refractivity (Wildman–Crippen MR) is 130 cm³/mol. The van der Waals surface area contributed by atoms with E-state index in [-0.39, 0.29) is 11.8 Å². The maximum atomic E-state index is 12.4. The summed E-state index contributed by atoms with van der Waals surface area (Å²) in [5, 5.41) is 7.18. The van der Waals surface area contributed by atoms with Gasteiger partial charge in [-0.1, -0.05) is 0 Å². The van der Waals surface area contributed by atoms with Gasteiger partial charge in [-0.05, 0) is 61.9 Å². The number of carbonyl (C=O) groups excluding carboxylic acids is 1. The van der Waals surface area contributed by atoms with Gasteiger partial charge in [-0.15, -0.1) is 0 Å².